The maximum Gasteiger partial charge on any atom is 0.247 e. The Morgan fingerprint density at radius 3 is 2.52 bits per heavy atom. The summed E-state index contributed by atoms with van der Waals surface area (Å²) >= 11 is 1.50. The first kappa shape index (κ1) is 27.4. The maximum absolute atomic E-state index is 13.9. The van der Waals surface area contributed by atoms with Gasteiger partial charge in [-0.3, -0.25) is 9.59 Å². The maximum atomic E-state index is 13.9. The summed E-state index contributed by atoms with van der Waals surface area (Å²) in [4.78, 5) is 31.3. The van der Waals surface area contributed by atoms with Crippen molar-refractivity contribution in [1.29, 1.82) is 0 Å². The van der Waals surface area contributed by atoms with Gasteiger partial charge in [0.1, 0.15) is 24.2 Å². The Morgan fingerprint density at radius 1 is 1.10 bits per heavy atom. The number of ether oxygens (including phenoxy) is 1. The summed E-state index contributed by atoms with van der Waals surface area (Å²) in [5, 5.41) is 17.7. The highest BCUT2D eigenvalue weighted by Gasteiger charge is 2.33. The molecule has 1 atom stereocenters. The molecule has 0 radical (unpaired) electrons. The lowest BCUT2D eigenvalue weighted by Crippen LogP contribution is -2.47. The van der Waals surface area contributed by atoms with Crippen LogP contribution in [0.1, 0.15) is 48.6 Å². The molecular weight excluding hydrogens is 531 g/mol. The molecule has 2 aromatic carbocycles. The summed E-state index contributed by atoms with van der Waals surface area (Å²) in [5.41, 5.74) is 1.26. The quantitative estimate of drug-likeness (QED) is 0.299. The van der Waals surface area contributed by atoms with Crippen molar-refractivity contribution < 1.29 is 18.7 Å². The van der Waals surface area contributed by atoms with Crippen molar-refractivity contribution >= 4 is 23.2 Å². The van der Waals surface area contributed by atoms with Gasteiger partial charge in [-0.15, -0.1) is 21.5 Å². The molecule has 2 amide bonds. The van der Waals surface area contributed by atoms with Crippen molar-refractivity contribution in [3.63, 3.8) is 0 Å². The Hall–Kier alpha value is -4.12. The molecule has 5 rings (SSSR count). The van der Waals surface area contributed by atoms with E-state index in [9.17, 15) is 14.0 Å². The lowest BCUT2D eigenvalue weighted by atomic mass is 9.94. The third kappa shape index (κ3) is 6.71. The smallest absolute Gasteiger partial charge is 0.247 e. The van der Waals surface area contributed by atoms with E-state index < -0.39 is 11.9 Å². The van der Waals surface area contributed by atoms with Gasteiger partial charge in [0.2, 0.25) is 17.6 Å². The van der Waals surface area contributed by atoms with E-state index in [0.29, 0.717) is 17.1 Å². The SMILES string of the molecule is COc1ccc(-c2nnn(CC(=O)N(Cc3cccs3)[C@H](C(=O)NC3CCCCC3)c3ccc(F)cc3)n2)cc1. The minimum atomic E-state index is -0.957. The van der Waals surface area contributed by atoms with Gasteiger partial charge < -0.3 is 15.0 Å². The molecule has 0 bridgehead atoms. The van der Waals surface area contributed by atoms with Crippen LogP contribution in [0.2, 0.25) is 0 Å². The first-order valence-corrected chi connectivity index (χ1v) is 14.2. The van der Waals surface area contributed by atoms with Crippen molar-refractivity contribution in [2.45, 2.75) is 57.3 Å². The number of amides is 2. The predicted molar refractivity (Wildman–Crippen MR) is 149 cm³/mol. The number of halogens is 1. The molecule has 0 aliphatic heterocycles. The number of methoxy groups -OCH3 is 1. The second-order valence-corrected chi connectivity index (χ2v) is 10.8. The van der Waals surface area contributed by atoms with Crippen molar-refractivity contribution in [3.8, 4) is 17.1 Å². The zero-order valence-electron chi connectivity index (χ0n) is 22.2. The number of nitrogens with one attached hydrogen (secondary N) is 1. The van der Waals surface area contributed by atoms with Gasteiger partial charge in [-0.1, -0.05) is 37.5 Å². The highest BCUT2D eigenvalue weighted by molar-refractivity contribution is 7.09. The van der Waals surface area contributed by atoms with E-state index in [-0.39, 0.29) is 30.9 Å². The summed E-state index contributed by atoms with van der Waals surface area (Å²) in [6, 6.07) is 15.9. The number of nitrogens with zero attached hydrogens (tertiary/aromatic N) is 5. The summed E-state index contributed by atoms with van der Waals surface area (Å²) < 4.78 is 19.0. The molecule has 1 aliphatic rings. The number of hydrogen-bond acceptors (Lipinski definition) is 7. The fourth-order valence-electron chi connectivity index (χ4n) is 4.92. The lowest BCUT2D eigenvalue weighted by molar-refractivity contribution is -0.142. The lowest BCUT2D eigenvalue weighted by Gasteiger charge is -2.33. The largest absolute Gasteiger partial charge is 0.497 e. The monoisotopic (exact) mass is 562 g/mol. The highest BCUT2D eigenvalue weighted by Crippen LogP contribution is 2.27. The zero-order chi connectivity index (χ0) is 27.9. The summed E-state index contributed by atoms with van der Waals surface area (Å²) in [6.45, 7) is -0.0143. The van der Waals surface area contributed by atoms with Crippen LogP contribution < -0.4 is 10.1 Å². The molecule has 0 saturated heterocycles. The van der Waals surface area contributed by atoms with Gasteiger partial charge in [0.05, 0.1) is 13.7 Å². The van der Waals surface area contributed by atoms with Gasteiger partial charge in [0, 0.05) is 16.5 Å². The molecule has 0 spiro atoms. The molecule has 9 nitrogen and oxygen atoms in total. The van der Waals surface area contributed by atoms with Gasteiger partial charge in [-0.25, -0.2) is 4.39 Å². The van der Waals surface area contributed by atoms with Crippen LogP contribution in [-0.2, 0) is 22.7 Å². The van der Waals surface area contributed by atoms with Crippen LogP contribution >= 0.6 is 11.3 Å². The molecule has 208 valence electrons. The van der Waals surface area contributed by atoms with E-state index in [4.69, 9.17) is 4.74 Å². The average Bonchev–Trinajstić information content (AvgIpc) is 3.67. The van der Waals surface area contributed by atoms with Crippen LogP contribution in [0.4, 0.5) is 4.39 Å². The first-order valence-electron chi connectivity index (χ1n) is 13.3. The molecule has 2 heterocycles. The van der Waals surface area contributed by atoms with E-state index in [0.717, 1.165) is 42.5 Å². The zero-order valence-corrected chi connectivity index (χ0v) is 23.0. The summed E-state index contributed by atoms with van der Waals surface area (Å²) in [7, 11) is 1.59. The molecule has 2 aromatic heterocycles. The van der Waals surface area contributed by atoms with E-state index in [1.54, 1.807) is 31.4 Å². The van der Waals surface area contributed by atoms with Crippen LogP contribution in [-0.4, -0.2) is 50.1 Å². The third-order valence-electron chi connectivity index (χ3n) is 7.00. The van der Waals surface area contributed by atoms with Gasteiger partial charge in [0.15, 0.2) is 0 Å². The number of aromatic nitrogens is 4. The first-order chi connectivity index (χ1) is 19.5. The molecule has 4 aromatic rings. The number of tetrazole rings is 1. The minimum Gasteiger partial charge on any atom is -0.497 e. The number of thiophene rings is 1. The Labute approximate surface area is 236 Å². The fourth-order valence-corrected chi connectivity index (χ4v) is 5.62. The topological polar surface area (TPSA) is 102 Å². The van der Waals surface area contributed by atoms with E-state index >= 15 is 0 Å². The van der Waals surface area contributed by atoms with Crippen molar-refractivity contribution in [2.24, 2.45) is 0 Å². The van der Waals surface area contributed by atoms with Crippen LogP contribution in [0.5, 0.6) is 5.75 Å². The number of rotatable bonds is 10. The molecule has 1 fully saturated rings. The predicted octanol–water partition coefficient (Wildman–Crippen LogP) is 4.77. The molecule has 1 aliphatic carbocycles. The summed E-state index contributed by atoms with van der Waals surface area (Å²) in [6.07, 6.45) is 5.06. The van der Waals surface area contributed by atoms with E-state index in [1.165, 1.54) is 33.2 Å². The normalized spacial score (nSPS) is 14.4. The van der Waals surface area contributed by atoms with Gasteiger partial charge in [-0.05, 0) is 71.5 Å². The Bertz CT molecular complexity index is 1400. The van der Waals surface area contributed by atoms with Gasteiger partial charge in [0.25, 0.3) is 0 Å². The highest BCUT2D eigenvalue weighted by atomic mass is 32.1. The van der Waals surface area contributed by atoms with Gasteiger partial charge >= 0.3 is 0 Å². The summed E-state index contributed by atoms with van der Waals surface area (Å²) in [5.74, 6) is 0.0116. The standard InChI is InChI=1S/C29H31FN6O3S/c1-39-24-15-11-21(12-16-24)28-32-34-36(33-28)19-26(37)35(18-25-8-5-17-40-25)27(20-9-13-22(30)14-10-20)29(38)31-23-6-3-2-4-7-23/h5,8-17,23,27H,2-4,6-7,18-19H2,1H3,(H,31,38)/t27-/m0/s1. The average molecular weight is 563 g/mol. The van der Waals surface area contributed by atoms with E-state index in [2.05, 4.69) is 20.7 Å². The Kier molecular flexibility index (Phi) is 8.80. The van der Waals surface area contributed by atoms with Crippen molar-refractivity contribution in [1.82, 2.24) is 30.4 Å². The molecule has 1 N–H and O–H groups in total. The molecule has 40 heavy (non-hydrogen) atoms. The van der Waals surface area contributed by atoms with Crippen LogP contribution in [0.25, 0.3) is 11.4 Å². The molecule has 1 saturated carbocycles. The van der Waals surface area contributed by atoms with Crippen molar-refractivity contribution in [3.05, 3.63) is 82.3 Å². The van der Waals surface area contributed by atoms with Crippen LogP contribution in [0, 0.1) is 5.82 Å². The van der Waals surface area contributed by atoms with Gasteiger partial charge in [-0.2, -0.15) is 4.80 Å². The van der Waals surface area contributed by atoms with Crippen LogP contribution in [0.15, 0.2) is 66.0 Å². The minimum absolute atomic E-state index is 0.0481. The second-order valence-electron chi connectivity index (χ2n) is 9.77. The number of carbonyl (C=O) groups is 2. The number of carbonyl (C=O) groups excluding carboxylic acids is 2. The Morgan fingerprint density at radius 2 is 1.85 bits per heavy atom. The Balaban J connectivity index is 1.42. The van der Waals surface area contributed by atoms with Crippen LogP contribution in [0.3, 0.4) is 0 Å². The number of benzene rings is 2. The fraction of sp³-hybridized carbons (Fsp3) is 0.345. The van der Waals surface area contributed by atoms with E-state index in [1.807, 2.05) is 29.6 Å². The second kappa shape index (κ2) is 12.8. The molecular formula is C29H31FN6O3S. The molecule has 0 unspecified atom stereocenters. The number of hydrogen-bond donors (Lipinski definition) is 1. The molecule has 11 heteroatoms. The van der Waals surface area contributed by atoms with Crippen molar-refractivity contribution in [2.75, 3.05) is 7.11 Å². The third-order valence-corrected chi connectivity index (χ3v) is 7.86.